The number of hydrogen-bond donors (Lipinski definition) is 2. The van der Waals surface area contributed by atoms with E-state index in [4.69, 9.17) is 10.8 Å². The molecular weight excluding hydrogens is 204 g/mol. The number of carbonyl (C=O) groups excluding carboxylic acids is 1. The van der Waals surface area contributed by atoms with Crippen LogP contribution in [0.1, 0.15) is 15.9 Å². The highest BCUT2D eigenvalue weighted by atomic mass is 16.3. The molecule has 3 N–H and O–H groups in total. The lowest BCUT2D eigenvalue weighted by Crippen LogP contribution is -2.51. The molecule has 0 aromatic heterocycles. The van der Waals surface area contributed by atoms with Crippen LogP contribution in [0.3, 0.4) is 0 Å². The predicted molar refractivity (Wildman–Crippen MR) is 62.1 cm³/mol. The fourth-order valence-electron chi connectivity index (χ4n) is 1.95. The van der Waals surface area contributed by atoms with Gasteiger partial charge in [0, 0.05) is 36.9 Å². The van der Waals surface area contributed by atoms with Crippen LogP contribution in [0.25, 0.3) is 0 Å². The van der Waals surface area contributed by atoms with Gasteiger partial charge in [-0.25, -0.2) is 0 Å². The number of carbonyl (C=O) groups is 1. The van der Waals surface area contributed by atoms with Crippen LogP contribution in [0.5, 0.6) is 0 Å². The molecule has 0 aliphatic carbocycles. The summed E-state index contributed by atoms with van der Waals surface area (Å²) in [5.41, 5.74) is 7.91. The zero-order valence-corrected chi connectivity index (χ0v) is 9.31. The maximum Gasteiger partial charge on any atom is 0.254 e. The van der Waals surface area contributed by atoms with Crippen LogP contribution in [0.4, 0.5) is 5.69 Å². The number of aryl methyl sites for hydroxylation is 1. The van der Waals surface area contributed by atoms with Crippen LogP contribution in [0.15, 0.2) is 18.2 Å². The number of nitrogens with zero attached hydrogens (tertiary/aromatic N) is 1. The van der Waals surface area contributed by atoms with Gasteiger partial charge >= 0.3 is 0 Å². The van der Waals surface area contributed by atoms with Crippen molar-refractivity contribution in [1.29, 1.82) is 0 Å². The molecule has 1 amide bonds. The molecule has 1 aromatic carbocycles. The van der Waals surface area contributed by atoms with Crippen molar-refractivity contribution in [3.05, 3.63) is 29.3 Å². The number of amides is 1. The van der Waals surface area contributed by atoms with Gasteiger partial charge in [0.15, 0.2) is 0 Å². The molecule has 2 rings (SSSR count). The van der Waals surface area contributed by atoms with Crippen molar-refractivity contribution in [2.75, 3.05) is 25.4 Å². The second-order valence-corrected chi connectivity index (χ2v) is 4.33. The topological polar surface area (TPSA) is 66.6 Å². The van der Waals surface area contributed by atoms with Crippen molar-refractivity contribution in [2.45, 2.75) is 6.92 Å². The van der Waals surface area contributed by atoms with Gasteiger partial charge in [-0.2, -0.15) is 0 Å². The average molecular weight is 220 g/mol. The van der Waals surface area contributed by atoms with Crippen molar-refractivity contribution in [3.63, 3.8) is 0 Å². The van der Waals surface area contributed by atoms with E-state index in [2.05, 4.69) is 0 Å². The van der Waals surface area contributed by atoms with Gasteiger partial charge in [-0.05, 0) is 30.7 Å². The van der Waals surface area contributed by atoms with Gasteiger partial charge < -0.3 is 15.7 Å². The molecule has 1 aliphatic heterocycles. The fraction of sp³-hybridized carbons (Fsp3) is 0.417. The summed E-state index contributed by atoms with van der Waals surface area (Å²) in [7, 11) is 0. The Kier molecular flexibility index (Phi) is 2.83. The highest BCUT2D eigenvalue weighted by Crippen LogP contribution is 2.21. The Balaban J connectivity index is 2.10. The van der Waals surface area contributed by atoms with Crippen LogP contribution >= 0.6 is 0 Å². The lowest BCUT2D eigenvalue weighted by molar-refractivity contribution is 0.0361. The van der Waals surface area contributed by atoms with Crippen molar-refractivity contribution in [1.82, 2.24) is 4.90 Å². The summed E-state index contributed by atoms with van der Waals surface area (Å²) in [5.74, 6) is 0.278. The second-order valence-electron chi connectivity index (χ2n) is 4.33. The van der Waals surface area contributed by atoms with Gasteiger partial charge in [0.25, 0.3) is 5.91 Å². The third kappa shape index (κ3) is 1.88. The first kappa shape index (κ1) is 11.0. The molecule has 4 heteroatoms. The van der Waals surface area contributed by atoms with Gasteiger partial charge in [-0.1, -0.05) is 0 Å². The first-order valence-electron chi connectivity index (χ1n) is 5.38. The lowest BCUT2D eigenvalue weighted by Gasteiger charge is -2.38. The number of rotatable bonds is 2. The molecule has 1 saturated heterocycles. The molecular formula is C12H16N2O2. The number of nitrogen functional groups attached to an aromatic ring is 1. The van der Waals surface area contributed by atoms with E-state index in [1.807, 2.05) is 6.92 Å². The highest BCUT2D eigenvalue weighted by molar-refractivity contribution is 5.96. The molecule has 0 atom stereocenters. The van der Waals surface area contributed by atoms with Crippen LogP contribution in [0, 0.1) is 12.8 Å². The molecule has 16 heavy (non-hydrogen) atoms. The smallest absolute Gasteiger partial charge is 0.254 e. The third-order valence-corrected chi connectivity index (χ3v) is 2.98. The van der Waals surface area contributed by atoms with E-state index in [9.17, 15) is 4.79 Å². The van der Waals surface area contributed by atoms with Crippen LogP contribution in [0.2, 0.25) is 0 Å². The fourth-order valence-corrected chi connectivity index (χ4v) is 1.95. The largest absolute Gasteiger partial charge is 0.399 e. The summed E-state index contributed by atoms with van der Waals surface area (Å²) in [4.78, 5) is 13.8. The number of hydrogen-bond acceptors (Lipinski definition) is 3. The Morgan fingerprint density at radius 3 is 2.81 bits per heavy atom. The average Bonchev–Trinajstić information content (AvgIpc) is 2.15. The number of aliphatic hydroxyl groups is 1. The Labute approximate surface area is 94.7 Å². The minimum atomic E-state index is 0.0298. The number of likely N-dealkylation sites (tertiary alicyclic amines) is 1. The summed E-state index contributed by atoms with van der Waals surface area (Å²) in [6.45, 7) is 3.34. The number of anilines is 1. The number of benzene rings is 1. The molecule has 0 unspecified atom stereocenters. The second kappa shape index (κ2) is 4.14. The summed E-state index contributed by atoms with van der Waals surface area (Å²) in [5, 5.41) is 8.89. The monoisotopic (exact) mass is 220 g/mol. The quantitative estimate of drug-likeness (QED) is 0.719. The van der Waals surface area contributed by atoms with E-state index in [1.54, 1.807) is 23.1 Å². The van der Waals surface area contributed by atoms with Crippen molar-refractivity contribution >= 4 is 11.6 Å². The van der Waals surface area contributed by atoms with E-state index in [0.29, 0.717) is 24.3 Å². The van der Waals surface area contributed by atoms with Crippen molar-refractivity contribution < 1.29 is 9.90 Å². The summed E-state index contributed by atoms with van der Waals surface area (Å²) < 4.78 is 0. The SMILES string of the molecule is Cc1cc(N)ccc1C(=O)N1CC(CO)C1. The van der Waals surface area contributed by atoms with E-state index in [-0.39, 0.29) is 18.4 Å². The molecule has 0 spiro atoms. The minimum absolute atomic E-state index is 0.0298. The summed E-state index contributed by atoms with van der Waals surface area (Å²) >= 11 is 0. The molecule has 4 nitrogen and oxygen atoms in total. The molecule has 0 saturated carbocycles. The molecule has 1 aromatic rings. The van der Waals surface area contributed by atoms with Crippen LogP contribution in [-0.2, 0) is 0 Å². The van der Waals surface area contributed by atoms with Crippen LogP contribution < -0.4 is 5.73 Å². The van der Waals surface area contributed by atoms with Crippen LogP contribution in [-0.4, -0.2) is 35.6 Å². The molecule has 1 heterocycles. The summed E-state index contributed by atoms with van der Waals surface area (Å²) in [6, 6.07) is 5.30. The molecule has 0 bridgehead atoms. The molecule has 0 radical (unpaired) electrons. The zero-order chi connectivity index (χ0) is 11.7. The normalized spacial score (nSPS) is 16.0. The Hall–Kier alpha value is -1.55. The van der Waals surface area contributed by atoms with E-state index >= 15 is 0 Å². The van der Waals surface area contributed by atoms with Gasteiger partial charge in [0.05, 0.1) is 0 Å². The van der Waals surface area contributed by atoms with E-state index < -0.39 is 0 Å². The van der Waals surface area contributed by atoms with Gasteiger partial charge in [0.2, 0.25) is 0 Å². The third-order valence-electron chi connectivity index (χ3n) is 2.98. The lowest BCUT2D eigenvalue weighted by atomic mass is 9.98. The predicted octanol–water partition coefficient (Wildman–Crippen LogP) is 0.642. The highest BCUT2D eigenvalue weighted by Gasteiger charge is 2.30. The molecule has 1 fully saturated rings. The first-order chi connectivity index (χ1) is 7.61. The zero-order valence-electron chi connectivity index (χ0n) is 9.31. The Morgan fingerprint density at radius 1 is 1.56 bits per heavy atom. The van der Waals surface area contributed by atoms with E-state index in [1.165, 1.54) is 0 Å². The standard InChI is InChI=1S/C12H16N2O2/c1-8-4-10(13)2-3-11(8)12(16)14-5-9(6-14)7-15/h2-4,9,15H,5-7,13H2,1H3. The Bertz CT molecular complexity index is 411. The maximum absolute atomic E-state index is 12.0. The number of aliphatic hydroxyl groups excluding tert-OH is 1. The first-order valence-corrected chi connectivity index (χ1v) is 5.38. The van der Waals surface area contributed by atoms with Crippen molar-refractivity contribution in [3.8, 4) is 0 Å². The van der Waals surface area contributed by atoms with Gasteiger partial charge in [0.1, 0.15) is 0 Å². The maximum atomic E-state index is 12.0. The molecule has 86 valence electrons. The van der Waals surface area contributed by atoms with Gasteiger partial charge in [-0.3, -0.25) is 4.79 Å². The van der Waals surface area contributed by atoms with E-state index in [0.717, 1.165) is 5.56 Å². The summed E-state index contributed by atoms with van der Waals surface area (Å²) in [6.07, 6.45) is 0. The van der Waals surface area contributed by atoms with Gasteiger partial charge in [-0.15, -0.1) is 0 Å². The van der Waals surface area contributed by atoms with Crippen molar-refractivity contribution in [2.24, 2.45) is 5.92 Å². The number of nitrogens with two attached hydrogens (primary N) is 1. The molecule has 1 aliphatic rings. The minimum Gasteiger partial charge on any atom is -0.399 e. The Morgan fingerprint density at radius 2 is 2.25 bits per heavy atom.